The van der Waals surface area contributed by atoms with E-state index in [4.69, 9.17) is 12.2 Å². The molecule has 1 aliphatic heterocycles. The molecule has 0 amide bonds. The van der Waals surface area contributed by atoms with Crippen molar-refractivity contribution >= 4 is 28.7 Å². The zero-order valence-electron chi connectivity index (χ0n) is 21.5. The van der Waals surface area contributed by atoms with Crippen LogP contribution in [-0.2, 0) is 6.18 Å². The van der Waals surface area contributed by atoms with Crippen molar-refractivity contribution in [3.63, 3.8) is 0 Å². The molecule has 38 heavy (non-hydrogen) atoms. The Morgan fingerprint density at radius 3 is 2.29 bits per heavy atom. The zero-order valence-corrected chi connectivity index (χ0v) is 22.3. The van der Waals surface area contributed by atoms with Crippen molar-refractivity contribution in [1.82, 2.24) is 14.9 Å². The molecule has 5 nitrogen and oxygen atoms in total. The second-order valence-corrected chi connectivity index (χ2v) is 10.0. The highest BCUT2D eigenvalue weighted by molar-refractivity contribution is 7.80. The number of nitrogens with zero attached hydrogens (tertiary/aromatic N) is 4. The molecular weight excluding hydrogens is 507 g/mol. The van der Waals surface area contributed by atoms with E-state index in [0.29, 0.717) is 10.8 Å². The Labute approximate surface area is 225 Å². The summed E-state index contributed by atoms with van der Waals surface area (Å²) >= 11 is 5.84. The summed E-state index contributed by atoms with van der Waals surface area (Å²) in [5.74, 6) is 0. The van der Waals surface area contributed by atoms with Crippen molar-refractivity contribution < 1.29 is 13.2 Å². The predicted molar refractivity (Wildman–Crippen MR) is 149 cm³/mol. The minimum absolute atomic E-state index is 0.257. The van der Waals surface area contributed by atoms with Gasteiger partial charge >= 0.3 is 6.18 Å². The zero-order chi connectivity index (χ0) is 27.2. The number of alkyl halides is 3. The predicted octanol–water partition coefficient (Wildman–Crippen LogP) is 6.75. The molecule has 0 spiro atoms. The van der Waals surface area contributed by atoms with Crippen LogP contribution in [0.1, 0.15) is 40.3 Å². The minimum Gasteiger partial charge on any atom is -0.378 e. The van der Waals surface area contributed by atoms with Crippen molar-refractivity contribution in [2.24, 2.45) is 0 Å². The number of thiocarbonyl (C=S) groups is 1. The van der Waals surface area contributed by atoms with Gasteiger partial charge in [0.25, 0.3) is 0 Å². The van der Waals surface area contributed by atoms with Crippen molar-refractivity contribution in [3.05, 3.63) is 107 Å². The highest BCUT2D eigenvalue weighted by atomic mass is 32.1. The van der Waals surface area contributed by atoms with Gasteiger partial charge in [-0.15, -0.1) is 0 Å². The van der Waals surface area contributed by atoms with Crippen LogP contribution in [-0.4, -0.2) is 28.8 Å². The van der Waals surface area contributed by atoms with Gasteiger partial charge in [0.15, 0.2) is 5.11 Å². The maximum atomic E-state index is 13.5. The van der Waals surface area contributed by atoms with Crippen LogP contribution in [0.15, 0.2) is 79.0 Å². The van der Waals surface area contributed by atoms with E-state index in [1.54, 1.807) is 12.3 Å². The monoisotopic (exact) mass is 535 g/mol. The Hall–Kier alpha value is -3.85. The van der Waals surface area contributed by atoms with E-state index < -0.39 is 11.7 Å². The summed E-state index contributed by atoms with van der Waals surface area (Å²) in [5.41, 5.74) is 5.22. The highest BCUT2D eigenvalue weighted by Gasteiger charge is 2.42. The average Bonchev–Trinajstić information content (AvgIpc) is 3.39. The molecular formula is C29H28F3N5S. The van der Waals surface area contributed by atoms with Gasteiger partial charge in [-0.05, 0) is 92.3 Å². The lowest BCUT2D eigenvalue weighted by Crippen LogP contribution is -2.29. The number of halogens is 3. The number of hydrogen-bond donors (Lipinski definition) is 1. The molecule has 5 rings (SSSR count). The van der Waals surface area contributed by atoms with Crippen LogP contribution in [0.2, 0.25) is 0 Å². The van der Waals surface area contributed by atoms with Crippen LogP contribution in [0, 0.1) is 13.8 Å². The maximum absolute atomic E-state index is 13.5. The first kappa shape index (κ1) is 25.8. The van der Waals surface area contributed by atoms with E-state index in [1.165, 1.54) is 12.1 Å². The van der Waals surface area contributed by atoms with Crippen LogP contribution < -0.4 is 15.1 Å². The van der Waals surface area contributed by atoms with Gasteiger partial charge < -0.3 is 19.7 Å². The van der Waals surface area contributed by atoms with Gasteiger partial charge in [-0.3, -0.25) is 4.98 Å². The number of pyridine rings is 1. The Balaban J connectivity index is 1.65. The normalized spacial score (nSPS) is 17.6. The topological polar surface area (TPSA) is 36.3 Å². The number of aromatic nitrogens is 2. The molecule has 1 N–H and O–H groups in total. The molecule has 4 aromatic rings. The lowest BCUT2D eigenvalue weighted by atomic mass is 9.96. The summed E-state index contributed by atoms with van der Waals surface area (Å²) < 4.78 is 42.3. The highest BCUT2D eigenvalue weighted by Crippen LogP contribution is 2.44. The molecule has 2 aromatic carbocycles. The molecule has 0 aliphatic carbocycles. The molecule has 0 saturated carbocycles. The second-order valence-electron chi connectivity index (χ2n) is 9.62. The summed E-state index contributed by atoms with van der Waals surface area (Å²) in [6.07, 6.45) is -2.67. The minimum atomic E-state index is -4.42. The maximum Gasteiger partial charge on any atom is 0.416 e. The molecule has 1 aliphatic rings. The molecule has 0 bridgehead atoms. The van der Waals surface area contributed by atoms with E-state index in [0.717, 1.165) is 40.1 Å². The van der Waals surface area contributed by atoms with E-state index >= 15 is 0 Å². The van der Waals surface area contributed by atoms with E-state index in [2.05, 4.69) is 15.2 Å². The third-order valence-electron chi connectivity index (χ3n) is 6.96. The molecule has 1 saturated heterocycles. The number of nitrogens with one attached hydrogen (secondary N) is 1. The summed E-state index contributed by atoms with van der Waals surface area (Å²) in [6.45, 7) is 3.84. The van der Waals surface area contributed by atoms with Crippen LogP contribution >= 0.6 is 12.2 Å². The van der Waals surface area contributed by atoms with Gasteiger partial charge in [0.2, 0.25) is 0 Å². The molecule has 9 heteroatoms. The first-order valence-electron chi connectivity index (χ1n) is 12.2. The van der Waals surface area contributed by atoms with Gasteiger partial charge in [-0.25, -0.2) is 0 Å². The van der Waals surface area contributed by atoms with Crippen LogP contribution in [0.5, 0.6) is 0 Å². The lowest BCUT2D eigenvalue weighted by Gasteiger charge is -2.28. The number of aryl methyl sites for hydroxylation is 1. The van der Waals surface area contributed by atoms with E-state index in [1.807, 2.05) is 85.9 Å². The van der Waals surface area contributed by atoms with Gasteiger partial charge in [-0.2, -0.15) is 13.2 Å². The van der Waals surface area contributed by atoms with Gasteiger partial charge in [-0.1, -0.05) is 12.1 Å². The summed E-state index contributed by atoms with van der Waals surface area (Å²) in [5, 5.41) is 4.02. The third kappa shape index (κ3) is 4.62. The standard InChI is InChI=1S/C29H28F3N5S/c1-18-16-24(19(2)36(18)23-9-7-8-20(17-23)29(30,31)32)27-26(25-10-5-6-15-33-25)34-28(38)37(27)22-13-11-21(12-14-22)35(3)4/h5-17,26-27H,1-4H3,(H,34,38)/t26-,27-/m1/s1. The average molecular weight is 536 g/mol. The number of anilines is 2. The Morgan fingerprint density at radius 1 is 0.921 bits per heavy atom. The molecule has 0 unspecified atom stereocenters. The lowest BCUT2D eigenvalue weighted by molar-refractivity contribution is -0.137. The first-order chi connectivity index (χ1) is 18.1. The molecule has 1 fully saturated rings. The van der Waals surface area contributed by atoms with Crippen LogP contribution in [0.4, 0.5) is 24.5 Å². The number of benzene rings is 2. The summed E-state index contributed by atoms with van der Waals surface area (Å²) in [7, 11) is 3.97. The van der Waals surface area contributed by atoms with Gasteiger partial charge in [0, 0.05) is 48.7 Å². The largest absolute Gasteiger partial charge is 0.416 e. The SMILES string of the molecule is Cc1cc([C@@H]2[C@@H](c3ccccn3)NC(=S)N2c2ccc(N(C)C)cc2)c(C)n1-c1cccc(C(F)(F)F)c1. The van der Waals surface area contributed by atoms with E-state index in [-0.39, 0.29) is 12.1 Å². The fraction of sp³-hybridized carbons (Fsp3) is 0.241. The van der Waals surface area contributed by atoms with Crippen molar-refractivity contribution in [3.8, 4) is 5.69 Å². The quantitative estimate of drug-likeness (QED) is 0.286. The van der Waals surface area contributed by atoms with Crippen molar-refractivity contribution in [2.45, 2.75) is 32.1 Å². The smallest absolute Gasteiger partial charge is 0.378 e. The van der Waals surface area contributed by atoms with Crippen LogP contribution in [0.25, 0.3) is 5.69 Å². The second kappa shape index (κ2) is 9.79. The molecule has 196 valence electrons. The van der Waals surface area contributed by atoms with Crippen LogP contribution in [0.3, 0.4) is 0 Å². The summed E-state index contributed by atoms with van der Waals surface area (Å²) in [4.78, 5) is 8.71. The van der Waals surface area contributed by atoms with E-state index in [9.17, 15) is 13.2 Å². The molecule has 0 radical (unpaired) electrons. The third-order valence-corrected chi connectivity index (χ3v) is 7.28. The van der Waals surface area contributed by atoms with Gasteiger partial charge in [0.05, 0.1) is 23.3 Å². The molecule has 2 aromatic heterocycles. The Morgan fingerprint density at radius 2 is 1.66 bits per heavy atom. The van der Waals surface area contributed by atoms with Crippen molar-refractivity contribution in [1.29, 1.82) is 0 Å². The number of hydrogen-bond acceptors (Lipinski definition) is 3. The fourth-order valence-corrected chi connectivity index (χ4v) is 5.51. The molecule has 3 heterocycles. The Kier molecular flexibility index (Phi) is 6.65. The first-order valence-corrected chi connectivity index (χ1v) is 12.6. The Bertz CT molecular complexity index is 1460. The van der Waals surface area contributed by atoms with Crippen molar-refractivity contribution in [2.75, 3.05) is 23.9 Å². The van der Waals surface area contributed by atoms with Gasteiger partial charge in [0.1, 0.15) is 0 Å². The summed E-state index contributed by atoms with van der Waals surface area (Å²) in [6, 6.07) is 20.8. The number of rotatable bonds is 5. The fourth-order valence-electron chi connectivity index (χ4n) is 5.17. The molecule has 2 atom stereocenters.